The fraction of sp³-hybridized carbons (Fsp3) is 0.167. The van der Waals surface area contributed by atoms with Gasteiger partial charge in [0.1, 0.15) is 5.69 Å². The molecule has 0 unspecified atom stereocenters. The lowest BCUT2D eigenvalue weighted by Crippen LogP contribution is -1.72. The second-order valence-electron chi connectivity index (χ2n) is 1.49. The highest BCUT2D eigenvalue weighted by atomic mass is 32.1. The molecule has 40 valence electrons. The van der Waals surface area contributed by atoms with Gasteiger partial charge in [-0.2, -0.15) is 4.37 Å². The molecule has 1 nitrogen and oxygen atoms in total. The average Bonchev–Trinajstić information content (AvgIpc) is 2.14. The molecule has 0 spiro atoms. The lowest BCUT2D eigenvalue weighted by Gasteiger charge is -1.77. The summed E-state index contributed by atoms with van der Waals surface area (Å²) in [5, 5.41) is 1.94. The first kappa shape index (κ1) is 5.33. The predicted octanol–water partition coefficient (Wildman–Crippen LogP) is 1.43. The quantitative estimate of drug-likeness (QED) is 0.475. The third kappa shape index (κ3) is 0.728. The Morgan fingerprint density at radius 2 is 2.62 bits per heavy atom. The fourth-order valence-electron chi connectivity index (χ4n) is 0.426. The van der Waals surface area contributed by atoms with Crippen LogP contribution in [-0.4, -0.2) is 4.37 Å². The van der Waals surface area contributed by atoms with Crippen LogP contribution in [0.15, 0.2) is 5.38 Å². The van der Waals surface area contributed by atoms with Crippen molar-refractivity contribution in [3.05, 3.63) is 16.6 Å². The highest BCUT2D eigenvalue weighted by molar-refractivity contribution is 7.03. The minimum atomic E-state index is 0.773. The standard InChI is InChI=1S/C6H5NS/c1-3-6-5(2)4-8-7-6/h1,4H,2H3. The van der Waals surface area contributed by atoms with Crippen LogP contribution in [0.1, 0.15) is 11.3 Å². The maximum absolute atomic E-state index is 5.09. The summed E-state index contributed by atoms with van der Waals surface area (Å²) >= 11 is 1.40. The van der Waals surface area contributed by atoms with Crippen LogP contribution in [0, 0.1) is 19.3 Å². The van der Waals surface area contributed by atoms with Crippen LogP contribution in [0.4, 0.5) is 0 Å². The zero-order valence-electron chi connectivity index (χ0n) is 4.51. The number of nitrogens with zero attached hydrogens (tertiary/aromatic N) is 1. The second kappa shape index (κ2) is 1.97. The molecular formula is C6H5NS. The predicted molar refractivity (Wildman–Crippen MR) is 34.8 cm³/mol. The van der Waals surface area contributed by atoms with Gasteiger partial charge in [-0.05, 0) is 29.9 Å². The number of rotatable bonds is 0. The number of aryl methyl sites for hydroxylation is 1. The van der Waals surface area contributed by atoms with Gasteiger partial charge in [-0.25, -0.2) is 0 Å². The molecule has 2 heteroatoms. The van der Waals surface area contributed by atoms with E-state index in [1.807, 2.05) is 12.3 Å². The fourth-order valence-corrected chi connectivity index (χ4v) is 1.05. The van der Waals surface area contributed by atoms with E-state index in [0.29, 0.717) is 0 Å². The van der Waals surface area contributed by atoms with E-state index in [1.54, 1.807) is 0 Å². The van der Waals surface area contributed by atoms with Gasteiger partial charge in [0.05, 0.1) is 0 Å². The van der Waals surface area contributed by atoms with Gasteiger partial charge in [-0.3, -0.25) is 0 Å². The van der Waals surface area contributed by atoms with Crippen LogP contribution < -0.4 is 0 Å². The Morgan fingerprint density at radius 3 is 2.88 bits per heavy atom. The molecule has 0 atom stereocenters. The Balaban J connectivity index is 3.15. The molecule has 0 fully saturated rings. The smallest absolute Gasteiger partial charge is 0.129 e. The van der Waals surface area contributed by atoms with E-state index in [-0.39, 0.29) is 0 Å². The lowest BCUT2D eigenvalue weighted by molar-refractivity contribution is 1.40. The molecule has 0 saturated carbocycles. The molecule has 0 amide bonds. The molecule has 1 aromatic rings. The monoisotopic (exact) mass is 123 g/mol. The van der Waals surface area contributed by atoms with Crippen molar-refractivity contribution in [1.29, 1.82) is 0 Å². The summed E-state index contributed by atoms with van der Waals surface area (Å²) in [6.07, 6.45) is 5.09. The number of terminal acetylenes is 1. The molecule has 0 radical (unpaired) electrons. The largest absolute Gasteiger partial charge is 0.184 e. The van der Waals surface area contributed by atoms with E-state index in [0.717, 1.165) is 11.3 Å². The minimum absolute atomic E-state index is 0.773. The number of hydrogen-bond acceptors (Lipinski definition) is 2. The van der Waals surface area contributed by atoms with Crippen molar-refractivity contribution in [3.8, 4) is 12.3 Å². The maximum atomic E-state index is 5.09. The van der Waals surface area contributed by atoms with Gasteiger partial charge < -0.3 is 0 Å². The molecular weight excluding hydrogens is 118 g/mol. The van der Waals surface area contributed by atoms with Crippen molar-refractivity contribution in [2.75, 3.05) is 0 Å². The first-order valence-corrected chi connectivity index (χ1v) is 3.06. The molecule has 0 bridgehead atoms. The van der Waals surface area contributed by atoms with E-state index < -0.39 is 0 Å². The summed E-state index contributed by atoms with van der Waals surface area (Å²) in [7, 11) is 0. The summed E-state index contributed by atoms with van der Waals surface area (Å²) in [6, 6.07) is 0. The summed E-state index contributed by atoms with van der Waals surface area (Å²) in [5.74, 6) is 2.47. The maximum Gasteiger partial charge on any atom is 0.129 e. The summed E-state index contributed by atoms with van der Waals surface area (Å²) in [4.78, 5) is 0. The Hall–Kier alpha value is -0.810. The van der Waals surface area contributed by atoms with Crippen molar-refractivity contribution in [1.82, 2.24) is 4.37 Å². The summed E-state index contributed by atoms with van der Waals surface area (Å²) in [6.45, 7) is 1.96. The minimum Gasteiger partial charge on any atom is -0.184 e. The third-order valence-corrected chi connectivity index (χ3v) is 1.63. The third-order valence-electron chi connectivity index (χ3n) is 0.884. The van der Waals surface area contributed by atoms with Crippen LogP contribution in [-0.2, 0) is 0 Å². The SMILES string of the molecule is C#Cc1nscc1C. The Bertz CT molecular complexity index is 219. The average molecular weight is 123 g/mol. The number of aromatic nitrogens is 1. The lowest BCUT2D eigenvalue weighted by atomic mass is 10.3. The molecule has 0 aromatic carbocycles. The van der Waals surface area contributed by atoms with E-state index in [4.69, 9.17) is 6.42 Å². The molecule has 1 rings (SSSR count). The molecule has 8 heavy (non-hydrogen) atoms. The van der Waals surface area contributed by atoms with Gasteiger partial charge in [0, 0.05) is 5.38 Å². The van der Waals surface area contributed by atoms with E-state index >= 15 is 0 Å². The molecule has 0 N–H and O–H groups in total. The van der Waals surface area contributed by atoms with Gasteiger partial charge in [0.2, 0.25) is 0 Å². The molecule has 0 aliphatic rings. The van der Waals surface area contributed by atoms with Gasteiger partial charge in [0.15, 0.2) is 0 Å². The normalized spacial score (nSPS) is 8.50. The van der Waals surface area contributed by atoms with E-state index in [9.17, 15) is 0 Å². The Morgan fingerprint density at radius 1 is 1.88 bits per heavy atom. The molecule has 0 aliphatic carbocycles. The molecule has 0 aliphatic heterocycles. The first-order chi connectivity index (χ1) is 3.84. The van der Waals surface area contributed by atoms with Crippen LogP contribution in [0.3, 0.4) is 0 Å². The summed E-state index contributed by atoms with van der Waals surface area (Å²) < 4.78 is 3.94. The summed E-state index contributed by atoms with van der Waals surface area (Å²) in [5.41, 5.74) is 1.87. The zero-order chi connectivity index (χ0) is 5.98. The van der Waals surface area contributed by atoms with E-state index in [2.05, 4.69) is 10.3 Å². The highest BCUT2D eigenvalue weighted by Gasteiger charge is 1.92. The Kier molecular flexibility index (Phi) is 1.32. The van der Waals surface area contributed by atoms with Crippen molar-refractivity contribution >= 4 is 11.5 Å². The van der Waals surface area contributed by atoms with Gasteiger partial charge in [0.25, 0.3) is 0 Å². The first-order valence-electron chi connectivity index (χ1n) is 2.22. The Labute approximate surface area is 52.5 Å². The van der Waals surface area contributed by atoms with Crippen molar-refractivity contribution in [3.63, 3.8) is 0 Å². The number of hydrogen-bond donors (Lipinski definition) is 0. The van der Waals surface area contributed by atoms with Crippen molar-refractivity contribution in [2.45, 2.75) is 6.92 Å². The molecule has 0 saturated heterocycles. The molecule has 1 aromatic heterocycles. The van der Waals surface area contributed by atoms with Crippen LogP contribution in [0.5, 0.6) is 0 Å². The van der Waals surface area contributed by atoms with Gasteiger partial charge in [-0.1, -0.05) is 0 Å². The molecule has 1 heterocycles. The van der Waals surface area contributed by atoms with Gasteiger partial charge in [-0.15, -0.1) is 6.42 Å². The van der Waals surface area contributed by atoms with Crippen molar-refractivity contribution < 1.29 is 0 Å². The van der Waals surface area contributed by atoms with Crippen molar-refractivity contribution in [2.24, 2.45) is 0 Å². The topological polar surface area (TPSA) is 12.9 Å². The second-order valence-corrected chi connectivity index (χ2v) is 2.12. The highest BCUT2D eigenvalue weighted by Crippen LogP contribution is 2.05. The zero-order valence-corrected chi connectivity index (χ0v) is 5.33. The van der Waals surface area contributed by atoms with Crippen LogP contribution >= 0.6 is 11.5 Å². The van der Waals surface area contributed by atoms with E-state index in [1.165, 1.54) is 11.5 Å². The van der Waals surface area contributed by atoms with Crippen LogP contribution in [0.2, 0.25) is 0 Å². The van der Waals surface area contributed by atoms with Crippen LogP contribution in [0.25, 0.3) is 0 Å². The van der Waals surface area contributed by atoms with Gasteiger partial charge >= 0.3 is 0 Å².